The fourth-order valence-electron chi connectivity index (χ4n) is 6.20. The van der Waals surface area contributed by atoms with Crippen LogP contribution in [-0.4, -0.2) is 0 Å². The van der Waals surface area contributed by atoms with Crippen molar-refractivity contribution in [3.8, 4) is 11.1 Å². The lowest BCUT2D eigenvalue weighted by molar-refractivity contribution is 0.400. The van der Waals surface area contributed by atoms with Crippen LogP contribution in [0.1, 0.15) is 89.2 Å². The van der Waals surface area contributed by atoms with Crippen molar-refractivity contribution in [3.05, 3.63) is 108 Å². The normalized spacial score (nSPS) is 13.3. The minimum Gasteiger partial charge on any atom is -0.0901 e. The van der Waals surface area contributed by atoms with Gasteiger partial charge in [0, 0.05) is 25.0 Å². The zero-order valence-electron chi connectivity index (χ0n) is 23.6. The van der Waals surface area contributed by atoms with Crippen molar-refractivity contribution < 1.29 is 0 Å². The lowest BCUT2D eigenvalue weighted by Gasteiger charge is -2.33. The molecule has 0 aliphatic heterocycles. The van der Waals surface area contributed by atoms with Crippen LogP contribution in [0.2, 0.25) is 0 Å². The molecule has 0 atom stereocenters. The summed E-state index contributed by atoms with van der Waals surface area (Å²) in [7, 11) is 0. The Hall–Kier alpha value is -2.42. The molecule has 0 saturated heterocycles. The van der Waals surface area contributed by atoms with Gasteiger partial charge in [-0.15, -0.1) is 0 Å². The van der Waals surface area contributed by atoms with E-state index in [1.165, 1.54) is 94.9 Å². The Morgan fingerprint density at radius 2 is 0.897 bits per heavy atom. The molecule has 0 spiro atoms. The zero-order chi connectivity index (χ0) is 26.9. The van der Waals surface area contributed by atoms with Crippen LogP contribution < -0.4 is 0 Å². The van der Waals surface area contributed by atoms with Crippen LogP contribution in [0.3, 0.4) is 0 Å². The summed E-state index contributed by atoms with van der Waals surface area (Å²) in [5.41, 5.74) is 6.18. The van der Waals surface area contributed by atoms with Crippen molar-refractivity contribution in [1.82, 2.24) is 0 Å². The van der Waals surface area contributed by atoms with Crippen LogP contribution >= 0.6 is 23.5 Å². The molecule has 202 valence electrons. The molecule has 0 fully saturated rings. The van der Waals surface area contributed by atoms with Gasteiger partial charge in [-0.1, -0.05) is 137 Å². The summed E-state index contributed by atoms with van der Waals surface area (Å²) in [6, 6.07) is 36.3. The molecule has 4 aromatic rings. The van der Waals surface area contributed by atoms with Crippen molar-refractivity contribution in [2.45, 2.75) is 103 Å². The van der Waals surface area contributed by atoms with E-state index in [0.717, 1.165) is 0 Å². The summed E-state index contributed by atoms with van der Waals surface area (Å²) in [6.45, 7) is 4.64. The lowest BCUT2D eigenvalue weighted by Crippen LogP contribution is -2.25. The number of hydrogen-bond acceptors (Lipinski definition) is 2. The summed E-state index contributed by atoms with van der Waals surface area (Å²) in [5.74, 6) is 0. The van der Waals surface area contributed by atoms with E-state index in [1.807, 2.05) is 23.5 Å². The molecule has 4 aromatic carbocycles. The van der Waals surface area contributed by atoms with Crippen LogP contribution in [0.15, 0.2) is 117 Å². The predicted molar refractivity (Wildman–Crippen MR) is 171 cm³/mol. The van der Waals surface area contributed by atoms with Gasteiger partial charge in [0.15, 0.2) is 0 Å². The maximum Gasteiger partial charge on any atom is 0.0216 e. The van der Waals surface area contributed by atoms with E-state index in [0.29, 0.717) is 0 Å². The van der Waals surface area contributed by atoms with Gasteiger partial charge in [0.1, 0.15) is 0 Å². The molecule has 0 bridgehead atoms. The van der Waals surface area contributed by atoms with Crippen molar-refractivity contribution in [1.29, 1.82) is 0 Å². The minimum atomic E-state index is 0.104. The highest BCUT2D eigenvalue weighted by Gasteiger charge is 2.42. The second-order valence-corrected chi connectivity index (χ2v) is 13.2. The van der Waals surface area contributed by atoms with E-state index in [2.05, 4.69) is 111 Å². The molecule has 0 radical (unpaired) electrons. The number of unbranched alkanes of at least 4 members (excludes halogenated alkanes) is 6. The fraction of sp³-hybridized carbons (Fsp3) is 0.351. The summed E-state index contributed by atoms with van der Waals surface area (Å²) in [5, 5.41) is 0. The number of hydrogen-bond donors (Lipinski definition) is 0. The molecule has 0 unspecified atom stereocenters. The van der Waals surface area contributed by atoms with Crippen LogP contribution in [0.5, 0.6) is 0 Å². The largest absolute Gasteiger partial charge is 0.0901 e. The van der Waals surface area contributed by atoms with Crippen molar-refractivity contribution in [3.63, 3.8) is 0 Å². The smallest absolute Gasteiger partial charge is 0.0216 e. The Kier molecular flexibility index (Phi) is 9.93. The Morgan fingerprint density at radius 3 is 1.31 bits per heavy atom. The minimum absolute atomic E-state index is 0.104. The van der Waals surface area contributed by atoms with E-state index in [4.69, 9.17) is 0 Å². The highest BCUT2D eigenvalue weighted by atomic mass is 32.2. The number of rotatable bonds is 14. The van der Waals surface area contributed by atoms with Crippen LogP contribution in [-0.2, 0) is 5.41 Å². The van der Waals surface area contributed by atoms with E-state index in [9.17, 15) is 0 Å². The quantitative estimate of drug-likeness (QED) is 0.143. The highest BCUT2D eigenvalue weighted by Crippen LogP contribution is 2.56. The Labute approximate surface area is 245 Å². The predicted octanol–water partition coefficient (Wildman–Crippen LogP) is 12.2. The highest BCUT2D eigenvalue weighted by molar-refractivity contribution is 7.99. The Bertz CT molecular complexity index is 1220. The van der Waals surface area contributed by atoms with E-state index in [1.54, 1.807) is 11.1 Å². The number of fused-ring (bicyclic) bond motifs is 3. The van der Waals surface area contributed by atoms with Crippen LogP contribution in [0, 0.1) is 0 Å². The SMILES string of the molecule is CCCCCCC1(CCCCCC)c2cc(Sc3ccccc3)ccc2-c2ccc(Sc3ccccc3)cc21. The van der Waals surface area contributed by atoms with Gasteiger partial charge in [-0.2, -0.15) is 0 Å². The van der Waals surface area contributed by atoms with Gasteiger partial charge in [0.05, 0.1) is 0 Å². The molecule has 39 heavy (non-hydrogen) atoms. The molecule has 0 N–H and O–H groups in total. The average Bonchev–Trinajstić information content (AvgIpc) is 3.23. The third kappa shape index (κ3) is 6.67. The fourth-order valence-corrected chi connectivity index (χ4v) is 7.96. The van der Waals surface area contributed by atoms with Gasteiger partial charge in [-0.3, -0.25) is 0 Å². The van der Waals surface area contributed by atoms with Crippen LogP contribution in [0.25, 0.3) is 11.1 Å². The molecule has 0 amide bonds. The third-order valence-corrected chi connectivity index (χ3v) is 10.2. The van der Waals surface area contributed by atoms with Gasteiger partial charge in [0.2, 0.25) is 0 Å². The molecule has 0 heterocycles. The van der Waals surface area contributed by atoms with Gasteiger partial charge in [-0.05, 0) is 83.6 Å². The molecule has 1 aliphatic carbocycles. The van der Waals surface area contributed by atoms with Crippen molar-refractivity contribution in [2.24, 2.45) is 0 Å². The first-order valence-corrected chi connectivity index (χ1v) is 16.6. The summed E-state index contributed by atoms with van der Waals surface area (Å²) in [6.07, 6.45) is 13.0. The Balaban J connectivity index is 1.56. The molecular formula is C37H42S2. The first-order valence-electron chi connectivity index (χ1n) is 15.0. The summed E-state index contributed by atoms with van der Waals surface area (Å²) < 4.78 is 0. The van der Waals surface area contributed by atoms with E-state index >= 15 is 0 Å². The monoisotopic (exact) mass is 550 g/mol. The standard InChI is InChI=1S/C37H42S2/c1-3-5-7-15-25-37(26-16-8-6-4-2)35-27-31(38-29-17-11-9-12-18-29)21-23-33(35)34-24-22-32(28-36(34)37)39-30-19-13-10-14-20-30/h9-14,17-24,27-28H,3-8,15-16,25-26H2,1-2H3. The van der Waals surface area contributed by atoms with Gasteiger partial charge < -0.3 is 0 Å². The van der Waals surface area contributed by atoms with Gasteiger partial charge >= 0.3 is 0 Å². The first-order chi connectivity index (χ1) is 19.2. The van der Waals surface area contributed by atoms with Crippen LogP contribution in [0.4, 0.5) is 0 Å². The molecule has 1 aliphatic rings. The maximum atomic E-state index is 2.55. The molecular weight excluding hydrogens is 509 g/mol. The van der Waals surface area contributed by atoms with E-state index in [-0.39, 0.29) is 5.41 Å². The maximum absolute atomic E-state index is 2.55. The third-order valence-electron chi connectivity index (χ3n) is 8.18. The van der Waals surface area contributed by atoms with Gasteiger partial charge in [-0.25, -0.2) is 0 Å². The number of benzene rings is 4. The van der Waals surface area contributed by atoms with Crippen molar-refractivity contribution in [2.75, 3.05) is 0 Å². The van der Waals surface area contributed by atoms with Gasteiger partial charge in [0.25, 0.3) is 0 Å². The first kappa shape index (κ1) is 28.1. The van der Waals surface area contributed by atoms with E-state index < -0.39 is 0 Å². The zero-order valence-corrected chi connectivity index (χ0v) is 25.3. The molecule has 2 heteroatoms. The summed E-state index contributed by atoms with van der Waals surface area (Å²) >= 11 is 3.80. The molecule has 5 rings (SSSR count). The average molecular weight is 551 g/mol. The summed E-state index contributed by atoms with van der Waals surface area (Å²) in [4.78, 5) is 5.34. The van der Waals surface area contributed by atoms with Crippen molar-refractivity contribution >= 4 is 23.5 Å². The Morgan fingerprint density at radius 1 is 0.462 bits per heavy atom. The molecule has 0 nitrogen and oxygen atoms in total. The second-order valence-electron chi connectivity index (χ2n) is 10.9. The topological polar surface area (TPSA) is 0 Å². The second kappa shape index (κ2) is 13.8. The lowest BCUT2D eigenvalue weighted by atomic mass is 9.70. The molecule has 0 saturated carbocycles. The molecule has 0 aromatic heterocycles.